The van der Waals surface area contributed by atoms with E-state index in [1.807, 2.05) is 24.3 Å². The molecule has 0 aliphatic heterocycles. The SMILES string of the molecule is CC(C)(C)c1nnc(CNC(=O)C(C)(N)c2ccc(Br)cc2)s1. The number of hydrogen-bond acceptors (Lipinski definition) is 5. The van der Waals surface area contributed by atoms with Gasteiger partial charge < -0.3 is 11.1 Å². The van der Waals surface area contributed by atoms with Gasteiger partial charge in [-0.2, -0.15) is 0 Å². The van der Waals surface area contributed by atoms with E-state index in [1.165, 1.54) is 11.3 Å². The molecule has 1 amide bonds. The van der Waals surface area contributed by atoms with Gasteiger partial charge in [-0.1, -0.05) is 60.2 Å². The summed E-state index contributed by atoms with van der Waals surface area (Å²) in [5.74, 6) is -0.243. The summed E-state index contributed by atoms with van der Waals surface area (Å²) in [7, 11) is 0. The zero-order valence-electron chi connectivity index (χ0n) is 13.7. The van der Waals surface area contributed by atoms with Crippen molar-refractivity contribution in [3.8, 4) is 0 Å². The Labute approximate surface area is 148 Å². The number of halogens is 1. The first-order valence-corrected chi connectivity index (χ1v) is 8.88. The number of nitrogens with zero attached hydrogens (tertiary/aromatic N) is 2. The van der Waals surface area contributed by atoms with Gasteiger partial charge in [0, 0.05) is 9.89 Å². The Morgan fingerprint density at radius 1 is 1.22 bits per heavy atom. The standard InChI is InChI=1S/C16H21BrN4OS/c1-15(2,3)14-21-20-12(23-14)9-19-13(22)16(4,18)10-5-7-11(17)8-6-10/h5-8H,9,18H2,1-4H3,(H,19,22). The molecule has 3 N–H and O–H groups in total. The maximum absolute atomic E-state index is 12.4. The first-order valence-electron chi connectivity index (χ1n) is 7.27. The summed E-state index contributed by atoms with van der Waals surface area (Å²) in [5, 5.41) is 12.9. The molecule has 23 heavy (non-hydrogen) atoms. The molecule has 0 aliphatic carbocycles. The van der Waals surface area contributed by atoms with Gasteiger partial charge in [0.15, 0.2) is 0 Å². The molecular weight excluding hydrogens is 376 g/mol. The average Bonchev–Trinajstić information content (AvgIpc) is 2.94. The van der Waals surface area contributed by atoms with Crippen molar-refractivity contribution >= 4 is 33.2 Å². The molecule has 2 rings (SSSR count). The van der Waals surface area contributed by atoms with E-state index in [1.54, 1.807) is 6.92 Å². The van der Waals surface area contributed by atoms with Gasteiger partial charge in [0.1, 0.15) is 15.6 Å². The van der Waals surface area contributed by atoms with Gasteiger partial charge in [0.25, 0.3) is 0 Å². The molecule has 1 heterocycles. The molecule has 2 aromatic rings. The Hall–Kier alpha value is -1.31. The summed E-state index contributed by atoms with van der Waals surface area (Å²) in [6.45, 7) is 8.28. The molecular formula is C16H21BrN4OS. The van der Waals surface area contributed by atoms with E-state index in [0.29, 0.717) is 6.54 Å². The molecule has 0 spiro atoms. The predicted molar refractivity (Wildman–Crippen MR) is 96.1 cm³/mol. The lowest BCUT2D eigenvalue weighted by Gasteiger charge is -2.23. The van der Waals surface area contributed by atoms with Crippen LogP contribution in [0.25, 0.3) is 0 Å². The van der Waals surface area contributed by atoms with Gasteiger partial charge in [-0.3, -0.25) is 4.79 Å². The fraction of sp³-hybridized carbons (Fsp3) is 0.438. The van der Waals surface area contributed by atoms with Crippen LogP contribution in [0.2, 0.25) is 0 Å². The summed E-state index contributed by atoms with van der Waals surface area (Å²) in [6.07, 6.45) is 0. The van der Waals surface area contributed by atoms with Gasteiger partial charge >= 0.3 is 0 Å². The third-order valence-electron chi connectivity index (χ3n) is 3.42. The van der Waals surface area contributed by atoms with Crippen molar-refractivity contribution in [2.75, 3.05) is 0 Å². The summed E-state index contributed by atoms with van der Waals surface area (Å²) in [6, 6.07) is 7.42. The van der Waals surface area contributed by atoms with Crippen LogP contribution in [0.3, 0.4) is 0 Å². The lowest BCUT2D eigenvalue weighted by molar-refractivity contribution is -0.126. The minimum atomic E-state index is -1.10. The first kappa shape index (κ1) is 18.0. The van der Waals surface area contributed by atoms with Crippen molar-refractivity contribution < 1.29 is 4.79 Å². The quantitative estimate of drug-likeness (QED) is 0.831. The van der Waals surface area contributed by atoms with E-state index in [-0.39, 0.29) is 11.3 Å². The number of amides is 1. The molecule has 7 heteroatoms. The summed E-state index contributed by atoms with van der Waals surface area (Å²) in [5.41, 5.74) is 5.82. The van der Waals surface area contributed by atoms with Crippen LogP contribution in [-0.2, 0) is 22.3 Å². The van der Waals surface area contributed by atoms with Crippen molar-refractivity contribution in [3.05, 3.63) is 44.3 Å². The van der Waals surface area contributed by atoms with Crippen LogP contribution in [0.5, 0.6) is 0 Å². The molecule has 0 radical (unpaired) electrons. The van der Waals surface area contributed by atoms with Crippen molar-refractivity contribution in [2.45, 2.75) is 45.2 Å². The van der Waals surface area contributed by atoms with E-state index >= 15 is 0 Å². The summed E-state index contributed by atoms with van der Waals surface area (Å²) >= 11 is 4.88. The van der Waals surface area contributed by atoms with Gasteiger partial charge in [0.2, 0.25) is 5.91 Å². The van der Waals surface area contributed by atoms with Gasteiger partial charge in [-0.05, 0) is 24.6 Å². The van der Waals surface area contributed by atoms with Crippen LogP contribution >= 0.6 is 27.3 Å². The lowest BCUT2D eigenvalue weighted by Crippen LogP contribution is -2.48. The van der Waals surface area contributed by atoms with Crippen LogP contribution in [-0.4, -0.2) is 16.1 Å². The highest BCUT2D eigenvalue weighted by Gasteiger charge is 2.30. The number of aromatic nitrogens is 2. The smallest absolute Gasteiger partial charge is 0.244 e. The van der Waals surface area contributed by atoms with E-state index in [0.717, 1.165) is 20.1 Å². The highest BCUT2D eigenvalue weighted by atomic mass is 79.9. The number of rotatable bonds is 4. The van der Waals surface area contributed by atoms with Crippen molar-refractivity contribution in [2.24, 2.45) is 5.73 Å². The molecule has 1 atom stereocenters. The molecule has 0 aliphatic rings. The minimum Gasteiger partial charge on any atom is -0.348 e. The van der Waals surface area contributed by atoms with Crippen molar-refractivity contribution in [3.63, 3.8) is 0 Å². The largest absolute Gasteiger partial charge is 0.348 e. The second-order valence-corrected chi connectivity index (χ2v) is 8.62. The topological polar surface area (TPSA) is 80.9 Å². The third-order valence-corrected chi connectivity index (χ3v) is 5.30. The normalized spacial score (nSPS) is 14.3. The maximum Gasteiger partial charge on any atom is 0.244 e. The molecule has 1 unspecified atom stereocenters. The fourth-order valence-electron chi connectivity index (χ4n) is 1.89. The zero-order valence-corrected chi connectivity index (χ0v) is 16.1. The molecule has 1 aromatic heterocycles. The van der Waals surface area contributed by atoms with Crippen molar-refractivity contribution in [1.82, 2.24) is 15.5 Å². The lowest BCUT2D eigenvalue weighted by atomic mass is 9.92. The van der Waals surface area contributed by atoms with Gasteiger partial charge in [0.05, 0.1) is 6.54 Å². The number of carbonyl (C=O) groups excluding carboxylic acids is 1. The Morgan fingerprint density at radius 3 is 2.35 bits per heavy atom. The Balaban J connectivity index is 2.04. The molecule has 0 fully saturated rings. The van der Waals surface area contributed by atoms with E-state index in [9.17, 15) is 4.79 Å². The zero-order chi connectivity index (χ0) is 17.3. The minimum absolute atomic E-state index is 0.0419. The molecule has 5 nitrogen and oxygen atoms in total. The Bertz CT molecular complexity index is 689. The van der Waals surface area contributed by atoms with Crippen LogP contribution in [0.4, 0.5) is 0 Å². The van der Waals surface area contributed by atoms with E-state index < -0.39 is 5.54 Å². The third kappa shape index (κ3) is 4.37. The average molecular weight is 397 g/mol. The fourth-order valence-corrected chi connectivity index (χ4v) is 3.00. The van der Waals surface area contributed by atoms with E-state index in [4.69, 9.17) is 5.73 Å². The Morgan fingerprint density at radius 2 is 1.83 bits per heavy atom. The number of hydrogen-bond donors (Lipinski definition) is 2. The first-order chi connectivity index (χ1) is 10.6. The highest BCUT2D eigenvalue weighted by Crippen LogP contribution is 2.25. The van der Waals surface area contributed by atoms with Gasteiger partial charge in [-0.15, -0.1) is 10.2 Å². The predicted octanol–water partition coefficient (Wildman–Crippen LogP) is 3.09. The summed E-state index contributed by atoms with van der Waals surface area (Å²) < 4.78 is 0.945. The number of nitrogens with one attached hydrogen (secondary N) is 1. The number of nitrogens with two attached hydrogens (primary N) is 1. The molecule has 124 valence electrons. The van der Waals surface area contributed by atoms with E-state index in [2.05, 4.69) is 52.2 Å². The van der Waals surface area contributed by atoms with Gasteiger partial charge in [-0.25, -0.2) is 0 Å². The van der Waals surface area contributed by atoms with Crippen LogP contribution in [0.1, 0.15) is 43.3 Å². The highest BCUT2D eigenvalue weighted by molar-refractivity contribution is 9.10. The van der Waals surface area contributed by atoms with Crippen LogP contribution < -0.4 is 11.1 Å². The number of benzene rings is 1. The Kier molecular flexibility index (Phi) is 5.23. The molecule has 0 bridgehead atoms. The maximum atomic E-state index is 12.4. The number of carbonyl (C=O) groups is 1. The molecule has 1 aromatic carbocycles. The molecule has 0 saturated carbocycles. The monoisotopic (exact) mass is 396 g/mol. The second kappa shape index (κ2) is 6.67. The van der Waals surface area contributed by atoms with Crippen LogP contribution in [0, 0.1) is 0 Å². The summed E-state index contributed by atoms with van der Waals surface area (Å²) in [4.78, 5) is 12.4. The van der Waals surface area contributed by atoms with Crippen LogP contribution in [0.15, 0.2) is 28.7 Å². The van der Waals surface area contributed by atoms with Crippen molar-refractivity contribution in [1.29, 1.82) is 0 Å². The molecule has 0 saturated heterocycles. The second-order valence-electron chi connectivity index (χ2n) is 6.64.